The molecule has 3 heteroatoms. The van der Waals surface area contributed by atoms with Crippen LogP contribution in [-0.2, 0) is 6.37 Å². The number of hydrogen-bond acceptors (Lipinski definition) is 1. The first-order valence-corrected chi connectivity index (χ1v) is 4.29. The molecule has 1 aromatic carbocycles. The number of aromatic nitrogens is 1. The Kier molecular flexibility index (Phi) is 0.927. The lowest BCUT2D eigenvalue weighted by atomic mass is 10.1. The van der Waals surface area contributed by atoms with Crippen molar-refractivity contribution in [2.24, 2.45) is 0 Å². The molecular formula is C12H17N2O+. The van der Waals surface area contributed by atoms with Crippen molar-refractivity contribution in [3.8, 4) is 5.75 Å². The molecule has 3 nitrogen and oxygen atoms in total. The van der Waals surface area contributed by atoms with Crippen molar-refractivity contribution in [1.82, 2.24) is 4.98 Å². The smallest absolute Gasteiger partial charge is 0.125 e. The molecule has 0 aliphatic rings. The standard InChI is InChI=1S/C12H16N2O/c1-14(2)7-6-9-8-13-10-4-3-5-11(15)12(9)10/h3-5,8,13,15H,6-7H2,1-2H3/p+1/i1D3,2D3,6D2,7D2. The SMILES string of the molecule is [2H]C([2H])([2H])[NH+](C([2H])([2H])[2H])C([2H])([2H])C([2H])([2H])c1c[nH]c2cccc(O)c12. The van der Waals surface area contributed by atoms with Crippen molar-refractivity contribution < 1.29 is 23.7 Å². The zero-order chi connectivity index (χ0) is 19.4. The Morgan fingerprint density at radius 3 is 3.20 bits per heavy atom. The number of rotatable bonds is 3. The van der Waals surface area contributed by atoms with Gasteiger partial charge >= 0.3 is 0 Å². The van der Waals surface area contributed by atoms with E-state index in [1.165, 1.54) is 18.2 Å². The fourth-order valence-corrected chi connectivity index (χ4v) is 1.39. The number of H-pyrrole nitrogens is 1. The Labute approximate surface area is 103 Å². The zero-order valence-corrected chi connectivity index (χ0v) is 7.76. The van der Waals surface area contributed by atoms with E-state index in [0.717, 1.165) is 6.20 Å². The number of quaternary nitrogens is 1. The number of phenolic OH excluding ortho intramolecular Hbond substituents is 1. The van der Waals surface area contributed by atoms with E-state index in [1.54, 1.807) is 0 Å². The highest BCUT2D eigenvalue weighted by Gasteiger charge is 2.08. The topological polar surface area (TPSA) is 40.5 Å². The van der Waals surface area contributed by atoms with Crippen LogP contribution >= 0.6 is 0 Å². The molecule has 0 atom stereocenters. The van der Waals surface area contributed by atoms with Crippen LogP contribution in [0.5, 0.6) is 5.75 Å². The number of likely N-dealkylation sites (N-methyl/N-ethyl adjacent to an activating group) is 1. The molecule has 0 amide bonds. The molecule has 0 fully saturated rings. The number of aromatic amines is 1. The van der Waals surface area contributed by atoms with Crippen molar-refractivity contribution in [2.75, 3.05) is 20.4 Å². The highest BCUT2D eigenvalue weighted by atomic mass is 16.3. The zero-order valence-electron chi connectivity index (χ0n) is 17.8. The van der Waals surface area contributed by atoms with Gasteiger partial charge in [0.15, 0.2) is 0 Å². The summed E-state index contributed by atoms with van der Waals surface area (Å²) in [6.07, 6.45) is -1.94. The summed E-state index contributed by atoms with van der Waals surface area (Å²) in [4.78, 5) is 1.17. The fourth-order valence-electron chi connectivity index (χ4n) is 1.39. The molecule has 3 N–H and O–H groups in total. The van der Waals surface area contributed by atoms with E-state index in [1.807, 2.05) is 0 Å². The van der Waals surface area contributed by atoms with Gasteiger partial charge in [0.05, 0.1) is 31.4 Å². The maximum atomic E-state index is 9.99. The van der Waals surface area contributed by atoms with E-state index in [9.17, 15) is 5.11 Å². The number of aromatic hydroxyl groups is 1. The maximum absolute atomic E-state index is 9.99. The van der Waals surface area contributed by atoms with Crippen LogP contribution in [-0.4, -0.2) is 30.5 Å². The molecule has 0 aliphatic heterocycles. The van der Waals surface area contributed by atoms with Crippen LogP contribution in [0.3, 0.4) is 0 Å². The molecule has 0 unspecified atom stereocenters. The Balaban J connectivity index is 2.70. The third-order valence-electron chi connectivity index (χ3n) is 2.01. The van der Waals surface area contributed by atoms with Crippen molar-refractivity contribution in [2.45, 2.75) is 6.37 Å². The summed E-state index contributed by atoms with van der Waals surface area (Å²) in [5.41, 5.74) is -0.0596. The van der Waals surface area contributed by atoms with Crippen molar-refractivity contribution in [1.29, 1.82) is 0 Å². The number of fused-ring (bicyclic) bond motifs is 1. The quantitative estimate of drug-likeness (QED) is 0.688. The molecule has 1 aromatic heterocycles. The van der Waals surface area contributed by atoms with Crippen LogP contribution < -0.4 is 4.90 Å². The monoisotopic (exact) mass is 215 g/mol. The van der Waals surface area contributed by atoms with Crippen LogP contribution in [0.2, 0.25) is 0 Å². The lowest BCUT2D eigenvalue weighted by Crippen LogP contribution is -3.05. The van der Waals surface area contributed by atoms with Gasteiger partial charge in [-0.05, 0) is 17.7 Å². The van der Waals surface area contributed by atoms with E-state index >= 15 is 0 Å². The van der Waals surface area contributed by atoms with Crippen LogP contribution in [0.4, 0.5) is 0 Å². The molecule has 1 heterocycles. The molecule has 0 spiro atoms. The summed E-state index contributed by atoms with van der Waals surface area (Å²) in [6.45, 7) is -10.0. The molecule has 2 rings (SSSR count). The van der Waals surface area contributed by atoms with E-state index in [4.69, 9.17) is 13.7 Å². The second kappa shape index (κ2) is 3.95. The second-order valence-electron chi connectivity index (χ2n) is 3.03. The predicted molar refractivity (Wildman–Crippen MR) is 61.3 cm³/mol. The van der Waals surface area contributed by atoms with Crippen LogP contribution in [0.25, 0.3) is 10.9 Å². The van der Waals surface area contributed by atoms with Crippen molar-refractivity contribution >= 4 is 10.9 Å². The van der Waals surface area contributed by atoms with Crippen LogP contribution in [0, 0.1) is 0 Å². The summed E-state index contributed by atoms with van der Waals surface area (Å²) in [7, 11) is 0. The van der Waals surface area contributed by atoms with Crippen LogP contribution in [0.1, 0.15) is 19.3 Å². The van der Waals surface area contributed by atoms with Gasteiger partial charge in [-0.15, -0.1) is 0 Å². The van der Waals surface area contributed by atoms with E-state index in [0.29, 0.717) is 5.52 Å². The highest BCUT2D eigenvalue weighted by Crippen LogP contribution is 2.27. The lowest BCUT2D eigenvalue weighted by Gasteiger charge is -2.06. The van der Waals surface area contributed by atoms with Gasteiger partial charge in [0.1, 0.15) is 5.75 Å². The highest BCUT2D eigenvalue weighted by molar-refractivity contribution is 5.88. The Morgan fingerprint density at radius 1 is 1.53 bits per heavy atom. The largest absolute Gasteiger partial charge is 0.507 e. The minimum Gasteiger partial charge on any atom is -0.507 e. The maximum Gasteiger partial charge on any atom is 0.125 e. The first-order chi connectivity index (χ1) is 11.1. The van der Waals surface area contributed by atoms with Gasteiger partial charge in [-0.25, -0.2) is 0 Å². The first-order valence-electron chi connectivity index (χ1n) is 9.29. The number of nitrogens with one attached hydrogen (secondary N) is 2. The predicted octanol–water partition coefficient (Wildman–Crippen LogP) is 0.560. The van der Waals surface area contributed by atoms with Gasteiger partial charge in [0.2, 0.25) is 0 Å². The van der Waals surface area contributed by atoms with Gasteiger partial charge in [0.25, 0.3) is 0 Å². The van der Waals surface area contributed by atoms with Gasteiger partial charge < -0.3 is 15.0 Å². The number of phenols is 1. The third-order valence-corrected chi connectivity index (χ3v) is 2.01. The summed E-state index contributed by atoms with van der Waals surface area (Å²) >= 11 is 0. The van der Waals surface area contributed by atoms with Gasteiger partial charge in [-0.3, -0.25) is 0 Å². The van der Waals surface area contributed by atoms with Crippen molar-refractivity contribution in [3.05, 3.63) is 30.0 Å². The molecule has 0 saturated carbocycles. The third kappa shape index (κ3) is 1.97. The minimum absolute atomic E-state index is 0.0354. The number of aryl methyl sites for hydroxylation is 1. The van der Waals surface area contributed by atoms with Crippen molar-refractivity contribution in [3.63, 3.8) is 0 Å². The Morgan fingerprint density at radius 2 is 2.40 bits per heavy atom. The molecule has 0 aliphatic carbocycles. The second-order valence-corrected chi connectivity index (χ2v) is 3.03. The number of benzene rings is 1. The Bertz CT molecular complexity index is 762. The summed E-state index contributed by atoms with van der Waals surface area (Å²) < 4.78 is 76.8. The fraction of sp³-hybridized carbons (Fsp3) is 0.333. The summed E-state index contributed by atoms with van der Waals surface area (Å²) in [6, 6.07) is 4.27. The summed E-state index contributed by atoms with van der Waals surface area (Å²) in [5, 5.41) is 9.95. The molecular weight excluding hydrogens is 188 g/mol. The number of hydrogen-bond donors (Lipinski definition) is 3. The van der Waals surface area contributed by atoms with E-state index in [2.05, 4.69) is 4.98 Å². The first kappa shape index (κ1) is 3.52. The summed E-state index contributed by atoms with van der Waals surface area (Å²) in [5.74, 6) is -0.335. The molecule has 0 bridgehead atoms. The van der Waals surface area contributed by atoms with Gasteiger partial charge in [-0.2, -0.15) is 0 Å². The van der Waals surface area contributed by atoms with E-state index in [-0.39, 0.29) is 16.7 Å². The molecule has 80 valence electrons. The lowest BCUT2D eigenvalue weighted by molar-refractivity contribution is -0.858. The Hall–Kier alpha value is -1.48. The minimum atomic E-state index is -3.36. The molecule has 0 saturated heterocycles. The van der Waals surface area contributed by atoms with Gasteiger partial charge in [0, 0.05) is 26.2 Å². The van der Waals surface area contributed by atoms with E-state index < -0.39 is 31.7 Å². The molecule has 0 radical (unpaired) electrons. The molecule has 15 heavy (non-hydrogen) atoms. The average molecular weight is 215 g/mol. The van der Waals surface area contributed by atoms with Crippen LogP contribution in [0.15, 0.2) is 24.4 Å². The normalized spacial score (nSPS) is 24.9. The molecule has 2 aromatic rings. The van der Waals surface area contributed by atoms with Gasteiger partial charge in [-0.1, -0.05) is 6.07 Å². The average Bonchev–Trinajstić information content (AvgIpc) is 2.79.